The van der Waals surface area contributed by atoms with Gasteiger partial charge in [0.25, 0.3) is 5.91 Å². The van der Waals surface area contributed by atoms with E-state index < -0.39 is 29.6 Å². The van der Waals surface area contributed by atoms with Crippen LogP contribution in [0.2, 0.25) is 0 Å². The third-order valence-corrected chi connectivity index (χ3v) is 6.20. The van der Waals surface area contributed by atoms with Crippen LogP contribution in [0.5, 0.6) is 0 Å². The molecule has 42 heavy (non-hydrogen) atoms. The maximum Gasteiger partial charge on any atom is 0.491 e. The Morgan fingerprint density at radius 3 is 2.43 bits per heavy atom. The molecule has 1 aliphatic carbocycles. The van der Waals surface area contributed by atoms with E-state index in [-0.39, 0.29) is 23.1 Å². The van der Waals surface area contributed by atoms with Crippen molar-refractivity contribution in [1.82, 2.24) is 19.7 Å². The minimum absolute atomic E-state index is 0.0220. The zero-order chi connectivity index (χ0) is 30.0. The number of amides is 1. The zero-order valence-corrected chi connectivity index (χ0v) is 22.0. The van der Waals surface area contributed by atoms with Crippen molar-refractivity contribution in [2.24, 2.45) is 7.05 Å². The number of esters is 1. The first-order valence-electron chi connectivity index (χ1n) is 12.5. The van der Waals surface area contributed by atoms with Crippen LogP contribution >= 0.6 is 0 Å². The molecule has 1 fully saturated rings. The average Bonchev–Trinajstić information content (AvgIpc) is 3.72. The number of aromatic nitrogens is 4. The lowest BCUT2D eigenvalue weighted by Crippen LogP contribution is -2.28. The fourth-order valence-electron chi connectivity index (χ4n) is 3.96. The summed E-state index contributed by atoms with van der Waals surface area (Å²) in [5.74, 6) is -4.66. The van der Waals surface area contributed by atoms with Gasteiger partial charge in [-0.05, 0) is 48.1 Å². The molecule has 0 radical (unpaired) electrons. The minimum atomic E-state index is -5.31. The van der Waals surface area contributed by atoms with Gasteiger partial charge in [0.05, 0.1) is 17.6 Å². The normalized spacial score (nSPS) is 12.9. The molecular weight excluding hydrogens is 558 g/mol. The Labute approximate surface area is 236 Å². The van der Waals surface area contributed by atoms with Gasteiger partial charge in [-0.15, -0.1) is 0 Å². The van der Waals surface area contributed by atoms with Gasteiger partial charge in [0.15, 0.2) is 5.76 Å². The topological polar surface area (TPSA) is 123 Å². The van der Waals surface area contributed by atoms with E-state index in [2.05, 4.69) is 42.3 Å². The Hall–Kier alpha value is -5.27. The Balaban J connectivity index is 1.41. The van der Waals surface area contributed by atoms with Gasteiger partial charge in [-0.2, -0.15) is 23.3 Å². The minimum Gasteiger partial charge on any atom is -0.415 e. The van der Waals surface area contributed by atoms with Crippen molar-refractivity contribution in [3.05, 3.63) is 84.8 Å². The number of hydrogen-bond donors (Lipinski definition) is 3. The number of benzene rings is 2. The summed E-state index contributed by atoms with van der Waals surface area (Å²) >= 11 is 0. The first-order chi connectivity index (χ1) is 20.0. The number of aryl methyl sites for hydroxylation is 1. The maximum atomic E-state index is 14.9. The number of ether oxygens (including phenoxy) is 1. The molecule has 2 aromatic heterocycles. The first-order valence-corrected chi connectivity index (χ1v) is 12.5. The van der Waals surface area contributed by atoms with Gasteiger partial charge in [-0.3, -0.25) is 9.48 Å². The number of anilines is 5. The van der Waals surface area contributed by atoms with Gasteiger partial charge < -0.3 is 20.7 Å². The number of nitrogens with one attached hydrogen (secondary N) is 3. The number of hydrogen-bond acceptors (Lipinski definition) is 8. The number of rotatable bonds is 9. The molecule has 14 heteroatoms. The molecule has 5 rings (SSSR count). The summed E-state index contributed by atoms with van der Waals surface area (Å²) in [6, 6.07) is 11.3. The highest BCUT2D eigenvalue weighted by atomic mass is 19.4. The van der Waals surface area contributed by atoms with E-state index in [0.29, 0.717) is 17.2 Å². The van der Waals surface area contributed by atoms with Gasteiger partial charge in [0.1, 0.15) is 11.6 Å². The molecule has 0 spiro atoms. The fraction of sp³-hybridized carbons (Fsp3) is 0.179. The quantitative estimate of drug-likeness (QED) is 0.0961. The molecule has 0 aliphatic heterocycles. The lowest BCUT2D eigenvalue weighted by molar-refractivity contribution is -0.195. The summed E-state index contributed by atoms with van der Waals surface area (Å²) in [7, 11) is 1.75. The highest BCUT2D eigenvalue weighted by Gasteiger charge is 2.42. The summed E-state index contributed by atoms with van der Waals surface area (Å²) < 4.78 is 57.8. The van der Waals surface area contributed by atoms with E-state index in [9.17, 15) is 27.2 Å². The third-order valence-electron chi connectivity index (χ3n) is 6.20. The van der Waals surface area contributed by atoms with E-state index in [1.807, 2.05) is 24.3 Å². The highest BCUT2D eigenvalue weighted by molar-refractivity contribution is 6.03. The predicted octanol–water partition coefficient (Wildman–Crippen LogP) is 5.94. The standard InChI is InChI=1S/C28H23F4N7O3/c1-15(42-26(41)28(30,31)32)25(40)35-19-9-10-22(29)23(11-19)37-24-21(18-7-5-17(6-8-18)16-3-4-16)13-33-27(38-24)36-20-12-34-39(2)14-20/h5-14,16H,1,3-4H2,2H3,(H,35,40)(H2,33,36,37,38). The second-order valence-electron chi connectivity index (χ2n) is 9.46. The SMILES string of the molecule is C=C(OC(=O)C(F)(F)F)C(=O)Nc1ccc(F)c(Nc2nc(Nc3cnn(C)c3)ncc2-c2ccc(C3CC3)cc2)c1. The first kappa shape index (κ1) is 28.3. The van der Waals surface area contributed by atoms with Crippen LogP contribution in [0.3, 0.4) is 0 Å². The van der Waals surface area contributed by atoms with Crippen LogP contribution < -0.4 is 16.0 Å². The summed E-state index contributed by atoms with van der Waals surface area (Å²) in [5, 5.41) is 12.3. The molecule has 3 N–H and O–H groups in total. The second-order valence-corrected chi connectivity index (χ2v) is 9.46. The Kier molecular flexibility index (Phi) is 7.61. The summed E-state index contributed by atoms with van der Waals surface area (Å²) in [4.78, 5) is 32.2. The second kappa shape index (κ2) is 11.3. The van der Waals surface area contributed by atoms with E-state index in [0.717, 1.165) is 24.5 Å². The van der Waals surface area contributed by atoms with Crippen molar-refractivity contribution in [1.29, 1.82) is 0 Å². The van der Waals surface area contributed by atoms with Crippen LogP contribution in [0.4, 0.5) is 46.4 Å². The number of halogens is 4. The molecular formula is C28H23F4N7O3. The smallest absolute Gasteiger partial charge is 0.415 e. The van der Waals surface area contributed by atoms with Gasteiger partial charge in [0.2, 0.25) is 5.95 Å². The summed E-state index contributed by atoms with van der Waals surface area (Å²) in [6.07, 6.45) is 1.85. The van der Waals surface area contributed by atoms with Gasteiger partial charge in [-0.25, -0.2) is 14.2 Å². The van der Waals surface area contributed by atoms with Crippen molar-refractivity contribution < 1.29 is 31.9 Å². The number of nitrogens with zero attached hydrogens (tertiary/aromatic N) is 4. The third kappa shape index (κ3) is 6.71. The number of carbonyl (C=O) groups is 2. The van der Waals surface area contributed by atoms with Crippen molar-refractivity contribution >= 4 is 40.7 Å². The van der Waals surface area contributed by atoms with Gasteiger partial charge >= 0.3 is 12.1 Å². The maximum absolute atomic E-state index is 14.9. The van der Waals surface area contributed by atoms with Crippen LogP contribution in [-0.2, 0) is 21.4 Å². The summed E-state index contributed by atoms with van der Waals surface area (Å²) in [6.45, 7) is 3.05. The molecule has 0 atom stereocenters. The van der Waals surface area contributed by atoms with E-state index >= 15 is 0 Å². The monoisotopic (exact) mass is 581 g/mol. The van der Waals surface area contributed by atoms with E-state index in [4.69, 9.17) is 0 Å². The van der Waals surface area contributed by atoms with Crippen molar-refractivity contribution in [2.75, 3.05) is 16.0 Å². The summed E-state index contributed by atoms with van der Waals surface area (Å²) in [5.41, 5.74) is 3.02. The number of alkyl halides is 3. The largest absolute Gasteiger partial charge is 0.491 e. The fourth-order valence-corrected chi connectivity index (χ4v) is 3.96. The Morgan fingerprint density at radius 2 is 1.79 bits per heavy atom. The van der Waals surface area contributed by atoms with E-state index in [1.165, 1.54) is 17.7 Å². The van der Waals surface area contributed by atoms with Gasteiger partial charge in [-0.1, -0.05) is 30.8 Å². The van der Waals surface area contributed by atoms with Crippen LogP contribution in [0.15, 0.2) is 73.4 Å². The van der Waals surface area contributed by atoms with Crippen LogP contribution in [-0.4, -0.2) is 37.8 Å². The molecule has 4 aromatic rings. The van der Waals surface area contributed by atoms with Gasteiger partial charge in [0, 0.05) is 30.7 Å². The average molecular weight is 582 g/mol. The molecule has 0 unspecified atom stereocenters. The van der Waals surface area contributed by atoms with Crippen molar-refractivity contribution in [3.8, 4) is 11.1 Å². The predicted molar refractivity (Wildman–Crippen MR) is 146 cm³/mol. The van der Waals surface area contributed by atoms with Crippen molar-refractivity contribution in [3.63, 3.8) is 0 Å². The van der Waals surface area contributed by atoms with Crippen LogP contribution in [0, 0.1) is 5.82 Å². The zero-order valence-electron chi connectivity index (χ0n) is 22.0. The molecule has 1 saturated carbocycles. The Bertz CT molecular complexity index is 1660. The lowest BCUT2D eigenvalue weighted by atomic mass is 10.0. The van der Waals surface area contributed by atoms with Crippen LogP contribution in [0.1, 0.15) is 24.3 Å². The molecule has 1 amide bonds. The molecule has 2 heterocycles. The molecule has 0 bridgehead atoms. The molecule has 10 nitrogen and oxygen atoms in total. The molecule has 2 aromatic carbocycles. The molecule has 216 valence electrons. The van der Waals surface area contributed by atoms with Crippen LogP contribution in [0.25, 0.3) is 11.1 Å². The molecule has 1 aliphatic rings. The Morgan fingerprint density at radius 1 is 1.05 bits per heavy atom. The lowest BCUT2D eigenvalue weighted by Gasteiger charge is -2.15. The number of carbonyl (C=O) groups excluding carboxylic acids is 2. The molecule has 0 saturated heterocycles. The highest BCUT2D eigenvalue weighted by Crippen LogP contribution is 2.41. The van der Waals surface area contributed by atoms with E-state index in [1.54, 1.807) is 30.3 Å². The van der Waals surface area contributed by atoms with Crippen molar-refractivity contribution in [2.45, 2.75) is 24.9 Å².